The summed E-state index contributed by atoms with van der Waals surface area (Å²) in [6.07, 6.45) is 4.61. The Labute approximate surface area is 200 Å². The van der Waals surface area contributed by atoms with Crippen LogP contribution in [-0.4, -0.2) is 66.2 Å². The average Bonchev–Trinajstić information content (AvgIpc) is 3.34. The zero-order valence-electron chi connectivity index (χ0n) is 19.4. The molecule has 34 heavy (non-hydrogen) atoms. The number of nitrogens with one attached hydrogen (secondary N) is 1. The lowest BCUT2D eigenvalue weighted by molar-refractivity contribution is -0.131. The fourth-order valence-corrected chi connectivity index (χ4v) is 5.25. The molecule has 3 aliphatic rings. The van der Waals surface area contributed by atoms with E-state index >= 15 is 0 Å². The standard InChI is InChI=1S/C27H32FN3O3/c28-22-9-2-8-21(18-22)20-7-1-6-19(16-20)17-24-23(29-26(32)25-11-4-15-34-25)10-3-14-31(24)27(33)30-12-5-13-30/h1-2,6-9,16,18,23-25H,3-5,10-15,17H2,(H,29,32)/t23-,24-,25-/m0/s1. The van der Waals surface area contributed by atoms with Gasteiger partial charge in [-0.25, -0.2) is 9.18 Å². The minimum absolute atomic E-state index is 0.0635. The van der Waals surface area contributed by atoms with Crippen LogP contribution in [0.25, 0.3) is 11.1 Å². The number of nitrogens with zero attached hydrogens (tertiary/aromatic N) is 2. The van der Waals surface area contributed by atoms with Gasteiger partial charge in [0.2, 0.25) is 5.91 Å². The van der Waals surface area contributed by atoms with E-state index in [4.69, 9.17) is 4.74 Å². The summed E-state index contributed by atoms with van der Waals surface area (Å²) in [5.74, 6) is -0.335. The van der Waals surface area contributed by atoms with Gasteiger partial charge in [0.15, 0.2) is 0 Å². The maximum absolute atomic E-state index is 13.8. The highest BCUT2D eigenvalue weighted by atomic mass is 19.1. The van der Waals surface area contributed by atoms with Gasteiger partial charge in [-0.3, -0.25) is 4.79 Å². The van der Waals surface area contributed by atoms with Gasteiger partial charge in [-0.2, -0.15) is 0 Å². The molecular formula is C27H32FN3O3. The second-order valence-corrected chi connectivity index (χ2v) is 9.56. The summed E-state index contributed by atoms with van der Waals surface area (Å²) < 4.78 is 19.4. The highest BCUT2D eigenvalue weighted by Gasteiger charge is 2.39. The number of hydrogen-bond donors (Lipinski definition) is 1. The molecule has 0 aliphatic carbocycles. The van der Waals surface area contributed by atoms with Crippen molar-refractivity contribution in [2.45, 2.75) is 56.7 Å². The first-order valence-electron chi connectivity index (χ1n) is 12.4. The van der Waals surface area contributed by atoms with Gasteiger partial charge in [0.25, 0.3) is 0 Å². The van der Waals surface area contributed by atoms with Gasteiger partial charge >= 0.3 is 6.03 Å². The molecule has 3 atom stereocenters. The van der Waals surface area contributed by atoms with E-state index in [2.05, 4.69) is 11.4 Å². The number of rotatable bonds is 5. The molecule has 0 aromatic heterocycles. The maximum atomic E-state index is 13.8. The highest BCUT2D eigenvalue weighted by molar-refractivity contribution is 5.81. The van der Waals surface area contributed by atoms with Crippen molar-refractivity contribution in [3.63, 3.8) is 0 Å². The molecule has 0 unspecified atom stereocenters. The monoisotopic (exact) mass is 465 g/mol. The van der Waals surface area contributed by atoms with Crippen LogP contribution < -0.4 is 5.32 Å². The molecule has 3 heterocycles. The van der Waals surface area contributed by atoms with Gasteiger partial charge < -0.3 is 19.9 Å². The summed E-state index contributed by atoms with van der Waals surface area (Å²) in [7, 11) is 0. The van der Waals surface area contributed by atoms with Crippen LogP contribution >= 0.6 is 0 Å². The third kappa shape index (κ3) is 4.94. The SMILES string of the molecule is O=C(N[C@H]1CCCN(C(=O)N2CCC2)[C@H]1Cc1cccc(-c2cccc(F)c2)c1)[C@@H]1CCCO1. The molecule has 5 rings (SSSR count). The van der Waals surface area contributed by atoms with Gasteiger partial charge in [-0.1, -0.05) is 36.4 Å². The number of amides is 3. The number of piperidine rings is 1. The predicted octanol–water partition coefficient (Wildman–Crippen LogP) is 3.99. The number of halogens is 1. The van der Waals surface area contributed by atoms with E-state index in [1.165, 1.54) is 12.1 Å². The van der Waals surface area contributed by atoms with Crippen molar-refractivity contribution in [1.82, 2.24) is 15.1 Å². The second-order valence-electron chi connectivity index (χ2n) is 9.56. The fraction of sp³-hybridized carbons (Fsp3) is 0.481. The van der Waals surface area contributed by atoms with Crippen molar-refractivity contribution in [2.75, 3.05) is 26.2 Å². The third-order valence-corrected chi connectivity index (χ3v) is 7.23. The van der Waals surface area contributed by atoms with E-state index in [0.717, 1.165) is 61.9 Å². The number of carbonyl (C=O) groups is 2. The number of likely N-dealkylation sites (tertiary alicyclic amines) is 2. The van der Waals surface area contributed by atoms with Gasteiger partial charge in [0.05, 0.1) is 6.04 Å². The minimum Gasteiger partial charge on any atom is -0.368 e. The molecule has 0 saturated carbocycles. The van der Waals surface area contributed by atoms with E-state index < -0.39 is 6.10 Å². The quantitative estimate of drug-likeness (QED) is 0.727. The van der Waals surface area contributed by atoms with Crippen LogP contribution in [0.2, 0.25) is 0 Å². The van der Waals surface area contributed by atoms with Crippen LogP contribution in [0.15, 0.2) is 48.5 Å². The summed E-state index contributed by atoms with van der Waals surface area (Å²) in [5, 5.41) is 3.22. The zero-order valence-corrected chi connectivity index (χ0v) is 19.4. The van der Waals surface area contributed by atoms with Crippen molar-refractivity contribution in [3.8, 4) is 11.1 Å². The highest BCUT2D eigenvalue weighted by Crippen LogP contribution is 2.27. The van der Waals surface area contributed by atoms with Crippen LogP contribution in [0.3, 0.4) is 0 Å². The Kier molecular flexibility index (Phi) is 6.81. The molecule has 7 heteroatoms. The van der Waals surface area contributed by atoms with Crippen molar-refractivity contribution in [3.05, 3.63) is 59.9 Å². The Morgan fingerprint density at radius 3 is 2.47 bits per heavy atom. The molecule has 0 bridgehead atoms. The van der Waals surface area contributed by atoms with Crippen molar-refractivity contribution < 1.29 is 18.7 Å². The predicted molar refractivity (Wildman–Crippen MR) is 128 cm³/mol. The molecule has 180 valence electrons. The zero-order chi connectivity index (χ0) is 23.5. The van der Waals surface area contributed by atoms with Crippen LogP contribution in [0.5, 0.6) is 0 Å². The van der Waals surface area contributed by atoms with E-state index in [0.29, 0.717) is 19.6 Å². The number of urea groups is 1. The lowest BCUT2D eigenvalue weighted by atomic mass is 9.89. The molecule has 3 amide bonds. The van der Waals surface area contributed by atoms with Crippen molar-refractivity contribution in [1.29, 1.82) is 0 Å². The lowest BCUT2D eigenvalue weighted by Crippen LogP contribution is -2.62. The second kappa shape index (κ2) is 10.1. The first-order valence-corrected chi connectivity index (χ1v) is 12.4. The molecule has 0 radical (unpaired) electrons. The number of hydrogen-bond acceptors (Lipinski definition) is 3. The topological polar surface area (TPSA) is 61.9 Å². The number of benzene rings is 2. The molecule has 3 saturated heterocycles. The van der Waals surface area contributed by atoms with Crippen molar-refractivity contribution in [2.24, 2.45) is 0 Å². The van der Waals surface area contributed by atoms with Crippen LogP contribution in [0.1, 0.15) is 37.7 Å². The number of ether oxygens (including phenoxy) is 1. The Balaban J connectivity index is 1.39. The van der Waals surface area contributed by atoms with Gasteiger partial charge in [0.1, 0.15) is 11.9 Å². The summed E-state index contributed by atoms with van der Waals surface area (Å²) in [5.41, 5.74) is 2.82. The fourth-order valence-electron chi connectivity index (χ4n) is 5.25. The summed E-state index contributed by atoms with van der Waals surface area (Å²) in [4.78, 5) is 30.0. The normalized spacial score (nSPS) is 24.6. The van der Waals surface area contributed by atoms with E-state index in [1.807, 2.05) is 34.1 Å². The minimum atomic E-state index is -0.390. The van der Waals surface area contributed by atoms with Crippen LogP contribution in [-0.2, 0) is 16.0 Å². The first-order chi connectivity index (χ1) is 16.6. The third-order valence-electron chi connectivity index (χ3n) is 7.23. The molecule has 3 fully saturated rings. The smallest absolute Gasteiger partial charge is 0.320 e. The van der Waals surface area contributed by atoms with Gasteiger partial charge in [-0.15, -0.1) is 0 Å². The Hall–Kier alpha value is -2.93. The molecule has 2 aromatic rings. The van der Waals surface area contributed by atoms with E-state index in [1.54, 1.807) is 6.07 Å². The van der Waals surface area contributed by atoms with E-state index in [-0.39, 0.29) is 29.8 Å². The molecule has 2 aromatic carbocycles. The largest absolute Gasteiger partial charge is 0.368 e. The molecule has 6 nitrogen and oxygen atoms in total. The lowest BCUT2D eigenvalue weighted by Gasteiger charge is -2.45. The first kappa shape index (κ1) is 22.8. The Bertz CT molecular complexity index is 1040. The summed E-state index contributed by atoms with van der Waals surface area (Å²) >= 11 is 0. The maximum Gasteiger partial charge on any atom is 0.320 e. The number of carbonyl (C=O) groups excluding carboxylic acids is 2. The van der Waals surface area contributed by atoms with Crippen LogP contribution in [0, 0.1) is 5.82 Å². The van der Waals surface area contributed by atoms with Gasteiger partial charge in [-0.05, 0) is 67.3 Å². The van der Waals surface area contributed by atoms with Crippen LogP contribution in [0.4, 0.5) is 9.18 Å². The molecule has 1 N–H and O–H groups in total. The summed E-state index contributed by atoms with van der Waals surface area (Å²) in [6.45, 7) is 2.91. The Morgan fingerprint density at radius 1 is 0.971 bits per heavy atom. The summed E-state index contributed by atoms with van der Waals surface area (Å²) in [6, 6.07) is 14.4. The Morgan fingerprint density at radius 2 is 1.76 bits per heavy atom. The van der Waals surface area contributed by atoms with Gasteiger partial charge in [0, 0.05) is 32.3 Å². The average molecular weight is 466 g/mol. The van der Waals surface area contributed by atoms with E-state index in [9.17, 15) is 14.0 Å². The molecular weight excluding hydrogens is 433 g/mol. The molecule has 3 aliphatic heterocycles. The molecule has 0 spiro atoms. The van der Waals surface area contributed by atoms with Crippen molar-refractivity contribution >= 4 is 11.9 Å².